The molecule has 0 aliphatic rings. The lowest BCUT2D eigenvalue weighted by molar-refractivity contribution is -0.410. The van der Waals surface area contributed by atoms with Gasteiger partial charge in [0.25, 0.3) is 0 Å². The molecule has 0 aromatic heterocycles. The Hall–Kier alpha value is -3.28. The van der Waals surface area contributed by atoms with Gasteiger partial charge in [-0.15, -0.1) is 0 Å². The quantitative estimate of drug-likeness (QED) is 0.148. The number of hydrogen-bond donors (Lipinski definition) is 0. The maximum absolute atomic E-state index is 5.73. The summed E-state index contributed by atoms with van der Waals surface area (Å²) < 4.78 is 0. The Morgan fingerprint density at radius 2 is 0.425 bits per heavy atom. The van der Waals surface area contributed by atoms with Crippen LogP contribution in [0, 0.1) is 0 Å². The second-order valence-corrected chi connectivity index (χ2v) is 11.8. The second kappa shape index (κ2) is 13.4. The summed E-state index contributed by atoms with van der Waals surface area (Å²) in [6.07, 6.45) is 0. The van der Waals surface area contributed by atoms with Gasteiger partial charge in [0.1, 0.15) is 22.4 Å². The van der Waals surface area contributed by atoms with Gasteiger partial charge in [0.15, 0.2) is 0 Å². The van der Waals surface area contributed by atoms with E-state index < -0.39 is 22.4 Å². The first-order valence-corrected chi connectivity index (χ1v) is 13.8. The highest BCUT2D eigenvalue weighted by molar-refractivity contribution is 5.23. The number of hydrogen-bond acceptors (Lipinski definition) is 4. The van der Waals surface area contributed by atoms with Crippen LogP contribution in [0.15, 0.2) is 121 Å². The first kappa shape index (κ1) is 31.3. The first-order valence-electron chi connectivity index (χ1n) is 13.8. The minimum Gasteiger partial charge on any atom is -0.225 e. The molecule has 0 atom stereocenters. The average Bonchev–Trinajstić information content (AvgIpc) is 2.98. The van der Waals surface area contributed by atoms with Crippen molar-refractivity contribution in [3.8, 4) is 0 Å². The number of rotatable bonds is 10. The highest BCUT2D eigenvalue weighted by Crippen LogP contribution is 2.32. The Bertz CT molecular complexity index is 1060. The van der Waals surface area contributed by atoms with Crippen LogP contribution in [0.4, 0.5) is 0 Å². The fourth-order valence-corrected chi connectivity index (χ4v) is 3.97. The van der Waals surface area contributed by atoms with Crippen LogP contribution in [0.25, 0.3) is 0 Å². The highest BCUT2D eigenvalue weighted by Gasteiger charge is 2.30. The topological polar surface area (TPSA) is 36.9 Å². The molecule has 0 saturated carbocycles. The van der Waals surface area contributed by atoms with Crippen LogP contribution in [0.2, 0.25) is 0 Å². The van der Waals surface area contributed by atoms with Gasteiger partial charge in [-0.05, 0) is 77.6 Å². The summed E-state index contributed by atoms with van der Waals surface area (Å²) in [7, 11) is 0. The Balaban J connectivity index is 0.000000220. The van der Waals surface area contributed by atoms with E-state index in [4.69, 9.17) is 19.6 Å². The predicted molar refractivity (Wildman–Crippen MR) is 162 cm³/mol. The van der Waals surface area contributed by atoms with Crippen molar-refractivity contribution in [2.24, 2.45) is 0 Å². The third-order valence-electron chi connectivity index (χ3n) is 6.79. The summed E-state index contributed by atoms with van der Waals surface area (Å²) in [6.45, 7) is 16.0. The van der Waals surface area contributed by atoms with Gasteiger partial charge >= 0.3 is 0 Å². The van der Waals surface area contributed by atoms with Crippen molar-refractivity contribution in [2.45, 2.75) is 77.8 Å². The smallest absolute Gasteiger partial charge is 0.123 e. The van der Waals surface area contributed by atoms with E-state index in [1.165, 1.54) is 0 Å². The zero-order valence-electron chi connectivity index (χ0n) is 25.2. The van der Waals surface area contributed by atoms with Gasteiger partial charge in [0.05, 0.1) is 0 Å². The molecule has 0 radical (unpaired) electrons. The Kier molecular flexibility index (Phi) is 10.5. The van der Waals surface area contributed by atoms with Crippen LogP contribution in [0.3, 0.4) is 0 Å². The molecule has 0 aliphatic heterocycles. The summed E-state index contributed by atoms with van der Waals surface area (Å²) >= 11 is 0. The fraction of sp³-hybridized carbons (Fsp3) is 0.333. The summed E-state index contributed by atoms with van der Waals surface area (Å²) in [5.41, 5.74) is 2.38. The van der Waals surface area contributed by atoms with Crippen molar-refractivity contribution in [2.75, 3.05) is 0 Å². The molecule has 0 bridgehead atoms. The van der Waals surface area contributed by atoms with Gasteiger partial charge < -0.3 is 0 Å². The minimum absolute atomic E-state index is 0.493. The minimum atomic E-state index is -0.493. The van der Waals surface area contributed by atoms with Gasteiger partial charge in [-0.25, -0.2) is 19.6 Å². The van der Waals surface area contributed by atoms with E-state index in [-0.39, 0.29) is 0 Å². The van der Waals surface area contributed by atoms with Crippen LogP contribution in [-0.2, 0) is 42.0 Å². The van der Waals surface area contributed by atoms with Crippen LogP contribution in [-0.4, -0.2) is 0 Å². The van der Waals surface area contributed by atoms with Crippen molar-refractivity contribution < 1.29 is 19.6 Å². The molecule has 212 valence electrons. The molecule has 0 amide bonds. The van der Waals surface area contributed by atoms with E-state index in [9.17, 15) is 0 Å². The van der Waals surface area contributed by atoms with E-state index in [1.54, 1.807) is 0 Å². The van der Waals surface area contributed by atoms with Gasteiger partial charge in [-0.2, -0.15) is 0 Å². The second-order valence-electron chi connectivity index (χ2n) is 11.8. The highest BCUT2D eigenvalue weighted by atomic mass is 17.2. The SMILES string of the molecule is CC(C)(OOC(C)(C)c1ccccc1)c1ccccc1.CC(C)(OOC(C)(C)c1ccccc1)c1ccccc1. The standard InChI is InChI=1S/2C18H22O2/c2*1-17(2,15-11-7-5-8-12-15)19-20-18(3,4)16-13-9-6-10-14-16/h2*5-14H,1-4H3. The molecule has 0 saturated heterocycles. The average molecular weight is 541 g/mol. The van der Waals surface area contributed by atoms with E-state index in [1.807, 2.05) is 177 Å². The molecule has 0 unspecified atom stereocenters. The molecular formula is C36H44O4. The fourth-order valence-electron chi connectivity index (χ4n) is 3.97. The van der Waals surface area contributed by atoms with Gasteiger partial charge in [-0.3, -0.25) is 0 Å². The maximum atomic E-state index is 5.73. The van der Waals surface area contributed by atoms with Crippen LogP contribution in [0.1, 0.15) is 77.6 Å². The maximum Gasteiger partial charge on any atom is 0.123 e. The van der Waals surface area contributed by atoms with Crippen LogP contribution in [0.5, 0.6) is 0 Å². The molecule has 4 heteroatoms. The zero-order valence-corrected chi connectivity index (χ0v) is 25.2. The van der Waals surface area contributed by atoms with Gasteiger partial charge in [0.2, 0.25) is 0 Å². The van der Waals surface area contributed by atoms with E-state index in [0.717, 1.165) is 22.3 Å². The summed E-state index contributed by atoms with van der Waals surface area (Å²) in [5, 5.41) is 0. The molecule has 4 nitrogen and oxygen atoms in total. The van der Waals surface area contributed by atoms with E-state index >= 15 is 0 Å². The third-order valence-corrected chi connectivity index (χ3v) is 6.79. The normalized spacial score (nSPS) is 12.4. The molecule has 0 heterocycles. The first-order chi connectivity index (χ1) is 18.8. The zero-order chi connectivity index (χ0) is 29.3. The Labute approximate surface area is 240 Å². The van der Waals surface area contributed by atoms with Gasteiger partial charge in [-0.1, -0.05) is 121 Å². The van der Waals surface area contributed by atoms with Crippen LogP contribution < -0.4 is 0 Å². The summed E-state index contributed by atoms with van der Waals surface area (Å²) in [5.74, 6) is 0. The van der Waals surface area contributed by atoms with E-state index in [2.05, 4.69) is 0 Å². The molecule has 4 rings (SSSR count). The summed E-state index contributed by atoms with van der Waals surface area (Å²) in [6, 6.07) is 40.3. The van der Waals surface area contributed by atoms with Gasteiger partial charge in [0, 0.05) is 0 Å². The third kappa shape index (κ3) is 8.87. The molecule has 4 aromatic carbocycles. The molecule has 0 aliphatic carbocycles. The van der Waals surface area contributed by atoms with Crippen molar-refractivity contribution in [3.63, 3.8) is 0 Å². The van der Waals surface area contributed by atoms with E-state index in [0.29, 0.717) is 0 Å². The molecule has 0 spiro atoms. The molecule has 0 fully saturated rings. The lowest BCUT2D eigenvalue weighted by atomic mass is 9.98. The van der Waals surface area contributed by atoms with Crippen molar-refractivity contribution >= 4 is 0 Å². The monoisotopic (exact) mass is 540 g/mol. The van der Waals surface area contributed by atoms with Crippen molar-refractivity contribution in [3.05, 3.63) is 144 Å². The lowest BCUT2D eigenvalue weighted by Gasteiger charge is -2.31. The lowest BCUT2D eigenvalue weighted by Crippen LogP contribution is -2.29. The number of benzene rings is 4. The summed E-state index contributed by atoms with van der Waals surface area (Å²) in [4.78, 5) is 22.9. The predicted octanol–water partition coefficient (Wildman–Crippen LogP) is 9.61. The Morgan fingerprint density at radius 1 is 0.275 bits per heavy atom. The van der Waals surface area contributed by atoms with Crippen LogP contribution >= 0.6 is 0 Å². The molecule has 40 heavy (non-hydrogen) atoms. The van der Waals surface area contributed by atoms with Crippen molar-refractivity contribution in [1.29, 1.82) is 0 Å². The van der Waals surface area contributed by atoms with Crippen molar-refractivity contribution in [1.82, 2.24) is 0 Å². The molecule has 0 N–H and O–H groups in total. The Morgan fingerprint density at radius 3 is 0.575 bits per heavy atom. The molecular weight excluding hydrogens is 496 g/mol. The largest absolute Gasteiger partial charge is 0.225 e. The molecule has 4 aromatic rings.